The van der Waals surface area contributed by atoms with Crippen molar-refractivity contribution in [1.29, 1.82) is 0 Å². The van der Waals surface area contributed by atoms with E-state index in [2.05, 4.69) is 29.5 Å². The molecule has 3 saturated carbocycles. The third kappa shape index (κ3) is 3.89. The van der Waals surface area contributed by atoms with Gasteiger partial charge in [0.2, 0.25) is 5.91 Å². The van der Waals surface area contributed by atoms with Gasteiger partial charge >= 0.3 is 0 Å². The molecule has 4 aliphatic rings. The second-order valence-electron chi connectivity index (χ2n) is 10.6. The molecule has 2 aromatic rings. The van der Waals surface area contributed by atoms with Crippen molar-refractivity contribution in [1.82, 2.24) is 24.9 Å². The van der Waals surface area contributed by atoms with Crippen LogP contribution in [0.1, 0.15) is 67.4 Å². The summed E-state index contributed by atoms with van der Waals surface area (Å²) in [6.45, 7) is 7.95. The van der Waals surface area contributed by atoms with Gasteiger partial charge in [0.1, 0.15) is 17.0 Å². The highest BCUT2D eigenvalue weighted by atomic mass is 16.2. The summed E-state index contributed by atoms with van der Waals surface area (Å²) in [6, 6.07) is 5.34. The fraction of sp³-hybridized carbons (Fsp3) is 0.600. The fourth-order valence-electron chi connectivity index (χ4n) is 6.33. The quantitative estimate of drug-likeness (QED) is 0.730. The maximum absolute atomic E-state index is 13.1. The van der Waals surface area contributed by atoms with Crippen LogP contribution in [0.25, 0.3) is 5.65 Å². The van der Waals surface area contributed by atoms with E-state index in [0.717, 1.165) is 12.3 Å². The molecule has 2 N–H and O–H groups in total. The molecule has 1 unspecified atom stereocenters. The minimum atomic E-state index is -0.179. The highest BCUT2D eigenvalue weighted by Crippen LogP contribution is 2.61. The molecule has 0 radical (unpaired) electrons. The number of amides is 3. The number of imidazole rings is 1. The normalized spacial score (nSPS) is 27.8. The summed E-state index contributed by atoms with van der Waals surface area (Å²) < 4.78 is 1.70. The predicted molar refractivity (Wildman–Crippen MR) is 124 cm³/mol. The van der Waals surface area contributed by atoms with Gasteiger partial charge in [-0.3, -0.25) is 18.8 Å². The lowest BCUT2D eigenvalue weighted by molar-refractivity contribution is -0.119. The van der Waals surface area contributed by atoms with Crippen molar-refractivity contribution in [2.75, 3.05) is 19.6 Å². The summed E-state index contributed by atoms with van der Waals surface area (Å²) in [5, 5.41) is 6.02. The van der Waals surface area contributed by atoms with Crippen LogP contribution >= 0.6 is 0 Å². The largest absolute Gasteiger partial charge is 0.352 e. The first-order valence-electron chi connectivity index (χ1n) is 12.1. The Morgan fingerprint density at radius 3 is 2.73 bits per heavy atom. The van der Waals surface area contributed by atoms with Gasteiger partial charge < -0.3 is 15.5 Å². The summed E-state index contributed by atoms with van der Waals surface area (Å²) in [4.78, 5) is 43.6. The molecule has 3 amide bonds. The molecule has 0 aromatic carbocycles. The highest BCUT2D eigenvalue weighted by molar-refractivity contribution is 5.95. The minimum Gasteiger partial charge on any atom is -0.352 e. The van der Waals surface area contributed by atoms with Crippen molar-refractivity contribution in [3.05, 3.63) is 35.8 Å². The van der Waals surface area contributed by atoms with Crippen LogP contribution < -0.4 is 10.6 Å². The average molecular weight is 452 g/mol. The van der Waals surface area contributed by atoms with E-state index in [4.69, 9.17) is 0 Å². The van der Waals surface area contributed by atoms with E-state index >= 15 is 0 Å². The standard InChI is InChI=1S/C25H33N5O3/c1-15(31)27-18-9-10-29(13-18)24(33)20-14-30-21(5-4-6-22(30)28-20)23(32)26-12-16-7-8-17-11-19(16)25(17,2)3/h4-6,14,16-19H,7-13H2,1-3H3,(H,26,32)(H,27,31)/t16-,17-,18?,19-/m0/s1. The lowest BCUT2D eigenvalue weighted by Gasteiger charge is -2.60. The Hall–Kier alpha value is -2.90. The summed E-state index contributed by atoms with van der Waals surface area (Å²) in [5.74, 6) is 1.65. The van der Waals surface area contributed by atoms with Crippen LogP contribution in [-0.4, -0.2) is 57.7 Å². The van der Waals surface area contributed by atoms with Gasteiger partial charge in [0, 0.05) is 38.8 Å². The maximum Gasteiger partial charge on any atom is 0.274 e. The molecule has 8 nitrogen and oxygen atoms in total. The summed E-state index contributed by atoms with van der Waals surface area (Å²) in [5.41, 5.74) is 1.76. The van der Waals surface area contributed by atoms with Crippen molar-refractivity contribution < 1.29 is 14.4 Å². The molecule has 4 fully saturated rings. The van der Waals surface area contributed by atoms with Gasteiger partial charge in [-0.1, -0.05) is 19.9 Å². The number of nitrogens with one attached hydrogen (secondary N) is 2. The molecule has 33 heavy (non-hydrogen) atoms. The Morgan fingerprint density at radius 2 is 2.00 bits per heavy atom. The average Bonchev–Trinajstić information content (AvgIpc) is 3.43. The van der Waals surface area contributed by atoms with Gasteiger partial charge in [0.15, 0.2) is 0 Å². The molecule has 176 valence electrons. The van der Waals surface area contributed by atoms with Crippen molar-refractivity contribution in [3.63, 3.8) is 0 Å². The Bertz CT molecular complexity index is 1100. The Kier molecular flexibility index (Phi) is 5.41. The molecule has 3 heterocycles. The number of hydrogen-bond donors (Lipinski definition) is 2. The van der Waals surface area contributed by atoms with Crippen LogP contribution in [0.5, 0.6) is 0 Å². The number of aromatic nitrogens is 2. The lowest BCUT2D eigenvalue weighted by Crippen LogP contribution is -2.54. The molecule has 6 rings (SSSR count). The van der Waals surface area contributed by atoms with E-state index < -0.39 is 0 Å². The first-order chi connectivity index (χ1) is 15.7. The van der Waals surface area contributed by atoms with Crippen LogP contribution in [-0.2, 0) is 4.79 Å². The SMILES string of the molecule is CC(=O)NC1CCN(C(=O)c2cn3c(C(=O)NC[C@@H]4CC[C@H]5C[C@@H]4C5(C)C)cccc3n2)C1. The molecule has 2 aromatic heterocycles. The molecule has 0 spiro atoms. The van der Waals surface area contributed by atoms with Crippen LogP contribution in [0, 0.1) is 23.2 Å². The molecule has 2 bridgehead atoms. The first-order valence-corrected chi connectivity index (χ1v) is 12.1. The predicted octanol–water partition coefficient (Wildman–Crippen LogP) is 2.49. The van der Waals surface area contributed by atoms with Gasteiger partial charge in [0.25, 0.3) is 11.8 Å². The van der Waals surface area contributed by atoms with Crippen molar-refractivity contribution in [2.45, 2.75) is 52.5 Å². The summed E-state index contributed by atoms with van der Waals surface area (Å²) in [7, 11) is 0. The topological polar surface area (TPSA) is 95.8 Å². The fourth-order valence-corrected chi connectivity index (χ4v) is 6.33. The first kappa shape index (κ1) is 21.9. The van der Waals surface area contributed by atoms with Crippen LogP contribution in [0.4, 0.5) is 0 Å². The Morgan fingerprint density at radius 1 is 1.18 bits per heavy atom. The number of carbonyl (C=O) groups excluding carboxylic acids is 3. The van der Waals surface area contributed by atoms with E-state index in [9.17, 15) is 14.4 Å². The number of likely N-dealkylation sites (tertiary alicyclic amines) is 1. The molecule has 1 saturated heterocycles. The van der Waals surface area contributed by atoms with Gasteiger partial charge in [-0.2, -0.15) is 0 Å². The second-order valence-corrected chi connectivity index (χ2v) is 10.6. The number of fused-ring (bicyclic) bond motifs is 3. The third-order valence-electron chi connectivity index (χ3n) is 8.35. The van der Waals surface area contributed by atoms with Crippen LogP contribution in [0.2, 0.25) is 0 Å². The number of pyridine rings is 1. The number of rotatable bonds is 5. The van der Waals surface area contributed by atoms with Gasteiger partial charge in [-0.05, 0) is 61.0 Å². The molecule has 8 heteroatoms. The van der Waals surface area contributed by atoms with Gasteiger partial charge in [0.05, 0.1) is 0 Å². The number of hydrogen-bond acceptors (Lipinski definition) is 4. The van der Waals surface area contributed by atoms with E-state index in [1.165, 1.54) is 26.2 Å². The summed E-state index contributed by atoms with van der Waals surface area (Å²) >= 11 is 0. The smallest absolute Gasteiger partial charge is 0.274 e. The maximum atomic E-state index is 13.1. The van der Waals surface area contributed by atoms with E-state index in [-0.39, 0.29) is 23.8 Å². The zero-order chi connectivity index (χ0) is 23.3. The van der Waals surface area contributed by atoms with E-state index in [0.29, 0.717) is 53.9 Å². The third-order valence-corrected chi connectivity index (χ3v) is 8.35. The number of nitrogens with zero attached hydrogens (tertiary/aromatic N) is 3. The lowest BCUT2D eigenvalue weighted by atomic mass is 9.45. The molecule has 4 atom stereocenters. The highest BCUT2D eigenvalue weighted by Gasteiger charge is 2.53. The van der Waals surface area contributed by atoms with Crippen molar-refractivity contribution >= 4 is 23.4 Å². The molecular weight excluding hydrogens is 418 g/mol. The Labute approximate surface area is 194 Å². The van der Waals surface area contributed by atoms with Crippen molar-refractivity contribution in [3.8, 4) is 0 Å². The zero-order valence-electron chi connectivity index (χ0n) is 19.6. The monoisotopic (exact) mass is 451 g/mol. The zero-order valence-corrected chi connectivity index (χ0v) is 19.6. The Balaban J connectivity index is 1.27. The van der Waals surface area contributed by atoms with Crippen molar-refractivity contribution in [2.24, 2.45) is 23.2 Å². The van der Waals surface area contributed by atoms with E-state index in [1.54, 1.807) is 33.7 Å². The second kappa shape index (κ2) is 8.15. The van der Waals surface area contributed by atoms with E-state index in [1.807, 2.05) is 0 Å². The molecular formula is C25H33N5O3. The minimum absolute atomic E-state index is 0.0273. The molecule has 3 aliphatic carbocycles. The molecule has 1 aliphatic heterocycles. The van der Waals surface area contributed by atoms with Crippen LogP contribution in [0.3, 0.4) is 0 Å². The van der Waals surface area contributed by atoms with Gasteiger partial charge in [-0.25, -0.2) is 4.98 Å². The number of carbonyl (C=O) groups is 3. The van der Waals surface area contributed by atoms with Crippen LogP contribution in [0.15, 0.2) is 24.4 Å². The summed E-state index contributed by atoms with van der Waals surface area (Å²) in [6.07, 6.45) is 6.11. The van der Waals surface area contributed by atoms with Gasteiger partial charge in [-0.15, -0.1) is 0 Å².